The fraction of sp³-hybridized carbons (Fsp3) is 0.269. The van der Waals surface area contributed by atoms with Crippen LogP contribution < -0.4 is 0 Å². The second-order valence-electron chi connectivity index (χ2n) is 8.26. The summed E-state index contributed by atoms with van der Waals surface area (Å²) in [5.74, 6) is 0.203. The van der Waals surface area contributed by atoms with Crippen LogP contribution in [0.25, 0.3) is 0 Å². The van der Waals surface area contributed by atoms with Gasteiger partial charge in [0, 0.05) is 16.9 Å². The van der Waals surface area contributed by atoms with Crippen LogP contribution in [0.15, 0.2) is 89.8 Å². The van der Waals surface area contributed by atoms with Crippen molar-refractivity contribution >= 4 is 17.7 Å². The maximum Gasteiger partial charge on any atom is 0.255 e. The van der Waals surface area contributed by atoms with E-state index in [-0.39, 0.29) is 16.7 Å². The summed E-state index contributed by atoms with van der Waals surface area (Å²) in [6.45, 7) is 0.857. The number of amides is 1. The first-order chi connectivity index (χ1) is 14.3. The van der Waals surface area contributed by atoms with E-state index in [1.54, 1.807) is 0 Å². The second-order valence-corrected chi connectivity index (χ2v) is 9.38. The van der Waals surface area contributed by atoms with E-state index in [0.29, 0.717) is 0 Å². The van der Waals surface area contributed by atoms with Crippen LogP contribution in [-0.4, -0.2) is 22.7 Å². The molecule has 1 unspecified atom stereocenters. The Bertz CT molecular complexity index is 960. The molecule has 1 atom stereocenters. The number of carbonyl (C=O) groups is 1. The van der Waals surface area contributed by atoms with Crippen LogP contribution in [0.2, 0.25) is 0 Å². The summed E-state index contributed by atoms with van der Waals surface area (Å²) in [7, 11) is 0. The van der Waals surface area contributed by atoms with Gasteiger partial charge in [0.2, 0.25) is 0 Å². The molecule has 0 bridgehead atoms. The average Bonchev–Trinajstić information content (AvgIpc) is 2.76. The van der Waals surface area contributed by atoms with Gasteiger partial charge in [-0.25, -0.2) is 0 Å². The standard InChI is InChI=1S/C26H25NOS/c28-24-22-14-7-8-15-23(22)29-25-26(16-9-17-27(24)25,18-20-10-3-1-4-11-20)19-21-12-5-2-6-13-21/h1-8,10-15,25H,9,16-19H2. The van der Waals surface area contributed by atoms with Crippen LogP contribution in [0.5, 0.6) is 0 Å². The largest absolute Gasteiger partial charge is 0.326 e. The number of rotatable bonds is 4. The van der Waals surface area contributed by atoms with Gasteiger partial charge in [-0.2, -0.15) is 0 Å². The van der Waals surface area contributed by atoms with Gasteiger partial charge in [0.25, 0.3) is 5.91 Å². The normalized spacial score (nSPS) is 20.1. The molecule has 146 valence electrons. The molecule has 0 aliphatic carbocycles. The molecule has 1 fully saturated rings. The summed E-state index contributed by atoms with van der Waals surface area (Å²) >= 11 is 1.90. The minimum atomic E-state index is 0.0226. The first kappa shape index (κ1) is 18.5. The number of carbonyl (C=O) groups excluding carboxylic acids is 1. The van der Waals surface area contributed by atoms with Crippen LogP contribution in [-0.2, 0) is 12.8 Å². The topological polar surface area (TPSA) is 20.3 Å². The van der Waals surface area contributed by atoms with Gasteiger partial charge in [0.05, 0.1) is 10.9 Å². The van der Waals surface area contributed by atoms with E-state index in [2.05, 4.69) is 71.6 Å². The average molecular weight is 400 g/mol. The highest BCUT2D eigenvalue weighted by atomic mass is 32.2. The highest BCUT2D eigenvalue weighted by molar-refractivity contribution is 8.00. The van der Waals surface area contributed by atoms with Crippen LogP contribution in [0, 0.1) is 5.41 Å². The molecular formula is C26H25NOS. The maximum atomic E-state index is 13.4. The smallest absolute Gasteiger partial charge is 0.255 e. The van der Waals surface area contributed by atoms with Crippen molar-refractivity contribution in [1.82, 2.24) is 4.90 Å². The van der Waals surface area contributed by atoms with E-state index >= 15 is 0 Å². The van der Waals surface area contributed by atoms with Gasteiger partial charge < -0.3 is 4.90 Å². The van der Waals surface area contributed by atoms with E-state index in [0.717, 1.165) is 42.7 Å². The van der Waals surface area contributed by atoms with Crippen molar-refractivity contribution in [1.29, 1.82) is 0 Å². The molecule has 1 amide bonds. The molecule has 0 spiro atoms. The van der Waals surface area contributed by atoms with Gasteiger partial charge in [-0.15, -0.1) is 0 Å². The first-order valence-electron chi connectivity index (χ1n) is 10.4. The van der Waals surface area contributed by atoms with Crippen molar-refractivity contribution in [3.63, 3.8) is 0 Å². The Morgan fingerprint density at radius 2 is 1.41 bits per heavy atom. The number of hydrogen-bond acceptors (Lipinski definition) is 2. The molecule has 3 heteroatoms. The predicted molar refractivity (Wildman–Crippen MR) is 119 cm³/mol. The molecule has 5 rings (SSSR count). The zero-order valence-electron chi connectivity index (χ0n) is 16.5. The van der Waals surface area contributed by atoms with Gasteiger partial charge in [0.1, 0.15) is 0 Å². The van der Waals surface area contributed by atoms with Crippen molar-refractivity contribution in [2.45, 2.75) is 36.0 Å². The lowest BCUT2D eigenvalue weighted by Gasteiger charge is -2.52. The lowest BCUT2D eigenvalue weighted by Crippen LogP contribution is -2.56. The lowest BCUT2D eigenvalue weighted by atomic mass is 9.70. The Hall–Kier alpha value is -2.52. The molecule has 0 saturated carbocycles. The number of thioether (sulfide) groups is 1. The van der Waals surface area contributed by atoms with E-state index < -0.39 is 0 Å². The summed E-state index contributed by atoms with van der Waals surface area (Å²) in [6.07, 6.45) is 4.18. The third kappa shape index (κ3) is 3.49. The Labute approximate surface area is 176 Å². The Balaban J connectivity index is 1.58. The fourth-order valence-electron chi connectivity index (χ4n) is 5.01. The van der Waals surface area contributed by atoms with E-state index in [4.69, 9.17) is 0 Å². The Morgan fingerprint density at radius 1 is 0.828 bits per heavy atom. The molecule has 2 aliphatic heterocycles. The molecule has 0 radical (unpaired) electrons. The van der Waals surface area contributed by atoms with Crippen molar-refractivity contribution in [3.05, 3.63) is 102 Å². The molecule has 29 heavy (non-hydrogen) atoms. The van der Waals surface area contributed by atoms with E-state index in [1.807, 2.05) is 30.0 Å². The van der Waals surface area contributed by atoms with Gasteiger partial charge >= 0.3 is 0 Å². The van der Waals surface area contributed by atoms with Crippen LogP contribution in [0.3, 0.4) is 0 Å². The predicted octanol–water partition coefficient (Wildman–Crippen LogP) is 5.83. The molecule has 3 aromatic rings. The van der Waals surface area contributed by atoms with Crippen molar-refractivity contribution in [2.24, 2.45) is 5.41 Å². The third-order valence-electron chi connectivity index (χ3n) is 6.30. The van der Waals surface area contributed by atoms with Gasteiger partial charge in [-0.3, -0.25) is 4.79 Å². The number of hydrogen-bond donors (Lipinski definition) is 0. The Kier molecular flexibility index (Phi) is 4.92. The molecule has 0 aromatic heterocycles. The fourth-order valence-corrected chi connectivity index (χ4v) is 6.55. The van der Waals surface area contributed by atoms with Crippen molar-refractivity contribution in [2.75, 3.05) is 6.54 Å². The minimum absolute atomic E-state index is 0.0226. The van der Waals surface area contributed by atoms with Gasteiger partial charge in [0.15, 0.2) is 0 Å². The van der Waals surface area contributed by atoms with Gasteiger partial charge in [-0.1, -0.05) is 84.6 Å². The summed E-state index contributed by atoms with van der Waals surface area (Å²) in [6, 6.07) is 29.7. The molecule has 0 N–H and O–H groups in total. The molecule has 3 aromatic carbocycles. The van der Waals surface area contributed by atoms with Crippen LogP contribution in [0.4, 0.5) is 0 Å². The lowest BCUT2D eigenvalue weighted by molar-refractivity contribution is 0.0399. The molecule has 2 nitrogen and oxygen atoms in total. The quantitative estimate of drug-likeness (QED) is 0.550. The molecular weight excluding hydrogens is 374 g/mol. The van der Waals surface area contributed by atoms with Crippen molar-refractivity contribution in [3.8, 4) is 0 Å². The zero-order valence-corrected chi connectivity index (χ0v) is 17.3. The van der Waals surface area contributed by atoms with Crippen LogP contribution in [0.1, 0.15) is 34.3 Å². The summed E-state index contributed by atoms with van der Waals surface area (Å²) in [5, 5.41) is 0.166. The highest BCUT2D eigenvalue weighted by Crippen LogP contribution is 2.51. The third-order valence-corrected chi connectivity index (χ3v) is 7.88. The SMILES string of the molecule is O=C1c2ccccc2SC2N1CCCC2(Cc1ccccc1)Cc1ccccc1. The summed E-state index contributed by atoms with van der Waals surface area (Å²) < 4.78 is 0. The number of piperidine rings is 1. The summed E-state index contributed by atoms with van der Waals surface area (Å²) in [5.41, 5.74) is 3.60. The number of benzene rings is 3. The molecule has 2 heterocycles. The highest BCUT2D eigenvalue weighted by Gasteiger charge is 2.49. The maximum absolute atomic E-state index is 13.4. The van der Waals surface area contributed by atoms with Crippen molar-refractivity contribution < 1.29 is 4.79 Å². The first-order valence-corrected chi connectivity index (χ1v) is 11.3. The van der Waals surface area contributed by atoms with Crippen LogP contribution >= 0.6 is 11.8 Å². The summed E-state index contributed by atoms with van der Waals surface area (Å²) in [4.78, 5) is 16.6. The molecule has 1 saturated heterocycles. The zero-order chi connectivity index (χ0) is 19.7. The van der Waals surface area contributed by atoms with Gasteiger partial charge in [-0.05, 0) is 48.9 Å². The number of fused-ring (bicyclic) bond motifs is 2. The minimum Gasteiger partial charge on any atom is -0.326 e. The Morgan fingerprint density at radius 3 is 2.07 bits per heavy atom. The van der Waals surface area contributed by atoms with E-state index in [9.17, 15) is 4.79 Å². The van der Waals surface area contributed by atoms with E-state index in [1.165, 1.54) is 11.1 Å². The molecule has 2 aliphatic rings. The monoisotopic (exact) mass is 399 g/mol. The number of nitrogens with zero attached hydrogens (tertiary/aromatic N) is 1. The second kappa shape index (κ2) is 7.72.